The number of nitrogens with zero attached hydrogens (tertiary/aromatic N) is 1. The lowest BCUT2D eigenvalue weighted by atomic mass is 10.5. The molecule has 0 aromatic carbocycles. The van der Waals surface area contributed by atoms with Gasteiger partial charge in [0, 0.05) is 0 Å². The molecule has 0 fully saturated rings. The molecule has 0 spiro atoms. The van der Waals surface area contributed by atoms with Gasteiger partial charge in [-0.25, -0.2) is 4.79 Å². The molecule has 1 aromatic rings. The lowest BCUT2D eigenvalue weighted by Crippen LogP contribution is -1.96. The molecule has 0 amide bonds. The van der Waals surface area contributed by atoms with Crippen LogP contribution in [0, 0.1) is 0 Å². The Morgan fingerprint density at radius 3 is 2.78 bits per heavy atom. The van der Waals surface area contributed by atoms with Crippen LogP contribution < -0.4 is 5.76 Å². The lowest BCUT2D eigenvalue weighted by Gasteiger charge is -1.89. The molecule has 5 heteroatoms. The Balaban J connectivity index is 2.98. The van der Waals surface area contributed by atoms with E-state index in [9.17, 15) is 4.79 Å². The van der Waals surface area contributed by atoms with Gasteiger partial charge < -0.3 is 0 Å². The summed E-state index contributed by atoms with van der Waals surface area (Å²) in [6, 6.07) is 0. The van der Waals surface area contributed by atoms with Gasteiger partial charge in [0.2, 0.25) is 0 Å². The first kappa shape index (κ1) is 6.79. The third-order valence-corrected chi connectivity index (χ3v) is 1.42. The zero-order valence-electron chi connectivity index (χ0n) is 4.72. The second kappa shape index (κ2) is 2.51. The Bertz CT molecular complexity index is 239. The van der Waals surface area contributed by atoms with Crippen molar-refractivity contribution in [2.75, 3.05) is 0 Å². The quantitative estimate of drug-likeness (QED) is 0.585. The summed E-state index contributed by atoms with van der Waals surface area (Å²) in [6.45, 7) is 1.91. The minimum Gasteiger partial charge on any atom is -0.296 e. The van der Waals surface area contributed by atoms with Gasteiger partial charge in [0.1, 0.15) is 0 Å². The zero-order valence-corrected chi connectivity index (χ0v) is 6.88. The number of halogens is 1. The van der Waals surface area contributed by atoms with Crippen LogP contribution in [0.2, 0.25) is 0 Å². The first-order valence-corrected chi connectivity index (χ1v) is 3.64. The van der Waals surface area contributed by atoms with Crippen LogP contribution in [0.15, 0.2) is 9.32 Å². The Kier molecular flexibility index (Phi) is 1.89. The zero-order chi connectivity index (χ0) is 6.85. The molecule has 1 aromatic heterocycles. The highest BCUT2D eigenvalue weighted by Gasteiger charge is 2.04. The fourth-order valence-electron chi connectivity index (χ4n) is 0.413. The van der Waals surface area contributed by atoms with Crippen LogP contribution in [0.3, 0.4) is 0 Å². The van der Waals surface area contributed by atoms with E-state index in [1.165, 1.54) is 0 Å². The van der Waals surface area contributed by atoms with Crippen molar-refractivity contribution >= 4 is 22.6 Å². The Labute approximate surface area is 64.8 Å². The molecule has 0 saturated carbocycles. The van der Waals surface area contributed by atoms with Crippen molar-refractivity contribution in [3.8, 4) is 0 Å². The lowest BCUT2D eigenvalue weighted by molar-refractivity contribution is 0.382. The van der Waals surface area contributed by atoms with Crippen molar-refractivity contribution < 1.29 is 4.52 Å². The third-order valence-electron chi connectivity index (χ3n) is 0.834. The summed E-state index contributed by atoms with van der Waals surface area (Å²) in [4.78, 5) is 12.7. The number of aromatic amines is 1. The molecule has 4 nitrogen and oxygen atoms in total. The van der Waals surface area contributed by atoms with Gasteiger partial charge in [-0.05, 0) is 6.92 Å². The van der Waals surface area contributed by atoms with Gasteiger partial charge in [0.05, 0.1) is 3.92 Å². The minimum atomic E-state index is -0.492. The van der Waals surface area contributed by atoms with Gasteiger partial charge in [-0.15, -0.1) is 0 Å². The van der Waals surface area contributed by atoms with Crippen LogP contribution in [0.4, 0.5) is 0 Å². The van der Waals surface area contributed by atoms with E-state index in [1.807, 2.05) is 6.92 Å². The monoisotopic (exact) mass is 240 g/mol. The highest BCUT2D eigenvalue weighted by molar-refractivity contribution is 14.1. The standard InChI is InChI=1S/C4H5IN2O2/c1-2(5)3-6-4(8)9-7-3/h2H,1H3,(H,6,7,8). The number of hydrogen-bond acceptors (Lipinski definition) is 3. The predicted octanol–water partition coefficient (Wildman–Crippen LogP) is 0.859. The highest BCUT2D eigenvalue weighted by Crippen LogP contribution is 2.15. The molecule has 1 N–H and O–H groups in total. The first-order valence-electron chi connectivity index (χ1n) is 2.40. The number of nitrogens with one attached hydrogen (secondary N) is 1. The average Bonchev–Trinajstić information content (AvgIpc) is 2.14. The van der Waals surface area contributed by atoms with Gasteiger partial charge in [0.15, 0.2) is 5.82 Å². The number of H-pyrrole nitrogens is 1. The van der Waals surface area contributed by atoms with E-state index >= 15 is 0 Å². The van der Waals surface area contributed by atoms with E-state index in [-0.39, 0.29) is 3.92 Å². The molecule has 50 valence electrons. The van der Waals surface area contributed by atoms with Crippen molar-refractivity contribution in [3.05, 3.63) is 16.4 Å². The van der Waals surface area contributed by atoms with Gasteiger partial charge >= 0.3 is 5.76 Å². The maximum absolute atomic E-state index is 10.3. The Morgan fingerprint density at radius 1 is 1.89 bits per heavy atom. The van der Waals surface area contributed by atoms with Crippen molar-refractivity contribution in [3.63, 3.8) is 0 Å². The van der Waals surface area contributed by atoms with Crippen LogP contribution in [0.5, 0.6) is 0 Å². The largest absolute Gasteiger partial charge is 0.438 e. The van der Waals surface area contributed by atoms with Crippen molar-refractivity contribution in [1.29, 1.82) is 0 Å². The molecule has 0 saturated heterocycles. The SMILES string of the molecule is CC(I)c1noc(=O)[nH]1. The summed E-state index contributed by atoms with van der Waals surface area (Å²) >= 11 is 2.13. The van der Waals surface area contributed by atoms with Crippen LogP contribution in [0.1, 0.15) is 16.7 Å². The van der Waals surface area contributed by atoms with E-state index in [1.54, 1.807) is 0 Å². The third kappa shape index (κ3) is 1.54. The normalized spacial score (nSPS) is 13.6. The molecule has 1 atom stereocenters. The van der Waals surface area contributed by atoms with Gasteiger partial charge in [-0.2, -0.15) is 0 Å². The number of hydrogen-bond donors (Lipinski definition) is 1. The van der Waals surface area contributed by atoms with Crippen molar-refractivity contribution in [1.82, 2.24) is 10.1 Å². The molecule has 0 radical (unpaired) electrons. The van der Waals surface area contributed by atoms with Crippen LogP contribution >= 0.6 is 22.6 Å². The topological polar surface area (TPSA) is 58.9 Å². The maximum atomic E-state index is 10.3. The molecule has 0 bridgehead atoms. The Morgan fingerprint density at radius 2 is 2.56 bits per heavy atom. The highest BCUT2D eigenvalue weighted by atomic mass is 127. The summed E-state index contributed by atoms with van der Waals surface area (Å²) in [7, 11) is 0. The molecule has 1 unspecified atom stereocenters. The number of rotatable bonds is 1. The predicted molar refractivity (Wildman–Crippen MR) is 39.6 cm³/mol. The molecule has 1 heterocycles. The van der Waals surface area contributed by atoms with E-state index in [0.717, 1.165) is 0 Å². The molecular formula is C4H5IN2O2. The van der Waals surface area contributed by atoms with Gasteiger partial charge in [0.25, 0.3) is 0 Å². The number of alkyl halides is 1. The van der Waals surface area contributed by atoms with Crippen molar-refractivity contribution in [2.24, 2.45) is 0 Å². The Hall–Kier alpha value is -0.330. The summed E-state index contributed by atoms with van der Waals surface area (Å²) < 4.78 is 4.45. The molecule has 0 aliphatic carbocycles. The smallest absolute Gasteiger partial charge is 0.296 e. The fraction of sp³-hybridized carbons (Fsp3) is 0.500. The molecular weight excluding hydrogens is 235 g/mol. The second-order valence-corrected chi connectivity index (χ2v) is 3.46. The first-order chi connectivity index (χ1) is 4.20. The molecule has 9 heavy (non-hydrogen) atoms. The van der Waals surface area contributed by atoms with Crippen LogP contribution in [0.25, 0.3) is 0 Å². The summed E-state index contributed by atoms with van der Waals surface area (Å²) in [6.07, 6.45) is 0. The molecule has 0 aliphatic rings. The van der Waals surface area contributed by atoms with Gasteiger partial charge in [-0.3, -0.25) is 9.51 Å². The summed E-state index contributed by atoms with van der Waals surface area (Å²) in [5.74, 6) is 0.0918. The molecule has 0 aliphatic heterocycles. The second-order valence-electron chi connectivity index (χ2n) is 1.60. The van der Waals surface area contributed by atoms with E-state index in [4.69, 9.17) is 0 Å². The van der Waals surface area contributed by atoms with E-state index in [2.05, 4.69) is 37.3 Å². The van der Waals surface area contributed by atoms with Gasteiger partial charge in [-0.1, -0.05) is 27.7 Å². The van der Waals surface area contributed by atoms with E-state index in [0.29, 0.717) is 5.82 Å². The fourth-order valence-corrected chi connectivity index (χ4v) is 0.682. The maximum Gasteiger partial charge on any atom is 0.438 e. The summed E-state index contributed by atoms with van der Waals surface area (Å²) in [5, 5.41) is 3.46. The average molecular weight is 240 g/mol. The van der Waals surface area contributed by atoms with Crippen LogP contribution in [-0.4, -0.2) is 10.1 Å². The van der Waals surface area contributed by atoms with Crippen LogP contribution in [-0.2, 0) is 0 Å². The van der Waals surface area contributed by atoms with E-state index < -0.39 is 5.76 Å². The minimum absolute atomic E-state index is 0.189. The van der Waals surface area contributed by atoms with Crippen molar-refractivity contribution in [2.45, 2.75) is 10.8 Å². The summed E-state index contributed by atoms with van der Waals surface area (Å²) in [5.41, 5.74) is 0. The number of aromatic nitrogens is 2. The molecule has 1 rings (SSSR count).